The summed E-state index contributed by atoms with van der Waals surface area (Å²) in [4.78, 5) is 19.2. The Bertz CT molecular complexity index is 2660. The normalized spacial score (nSPS) is 23.3. The van der Waals surface area contributed by atoms with Gasteiger partial charge in [0.15, 0.2) is 0 Å². The second kappa shape index (κ2) is 14.4. The Morgan fingerprint density at radius 3 is 1.67 bits per heavy atom. The van der Waals surface area contributed by atoms with Gasteiger partial charge < -0.3 is 19.6 Å². The Morgan fingerprint density at radius 2 is 1.12 bits per heavy atom. The number of hydrogen-bond donors (Lipinski definition) is 0. The van der Waals surface area contributed by atoms with Crippen molar-refractivity contribution in [3.8, 4) is 0 Å². The minimum absolute atomic E-state index is 0.0480. The molecule has 2 heterocycles. The third-order valence-corrected chi connectivity index (χ3v) is 12.1. The fourth-order valence-electron chi connectivity index (χ4n) is 8.79. The van der Waals surface area contributed by atoms with Crippen molar-refractivity contribution in [2.75, 3.05) is 28.8 Å². The Labute approximate surface area is 335 Å². The van der Waals surface area contributed by atoms with Crippen molar-refractivity contribution in [1.29, 1.82) is 0 Å². The van der Waals surface area contributed by atoms with Crippen molar-refractivity contribution in [1.82, 2.24) is 4.90 Å². The third kappa shape index (κ3) is 6.51. The van der Waals surface area contributed by atoms with Crippen LogP contribution in [0.2, 0.25) is 0 Å². The summed E-state index contributed by atoms with van der Waals surface area (Å²) in [7, 11) is 4.29. The number of fused-ring (bicyclic) bond motifs is 4. The number of para-hydroxylation sites is 1. The second-order valence-corrected chi connectivity index (χ2v) is 15.7. The predicted molar refractivity (Wildman–Crippen MR) is 242 cm³/mol. The summed E-state index contributed by atoms with van der Waals surface area (Å²) in [6, 6.07) is 37.8. The van der Waals surface area contributed by atoms with Crippen LogP contribution in [0.4, 0.5) is 17.1 Å². The topological polar surface area (TPSA) is 37.7 Å². The molecule has 0 spiro atoms. The van der Waals surface area contributed by atoms with E-state index in [1.54, 1.807) is 0 Å². The van der Waals surface area contributed by atoms with Crippen LogP contribution in [0.5, 0.6) is 0 Å². The standard InChI is InChI=1S/C51H46N6/c1-35-15-25-43(26-16-35)55(3)47-12-8-14-49-51(47)53-34-57(49)45-28-24-39-30-37(20-22-41(39)32-45)18-17-36-19-21-40-31-44(27-23-38(40)29-36)56-33-52-50-46(11-7-13-48(50)56)54(2)42-9-5-4-6-10-42/h4-15,17-35,48-51H,16H2,1-3H3/b18-17+. The number of anilines is 3. The van der Waals surface area contributed by atoms with E-state index in [1.165, 1.54) is 49.8 Å². The Balaban J connectivity index is 0.811. The van der Waals surface area contributed by atoms with Crippen LogP contribution in [0.15, 0.2) is 185 Å². The summed E-state index contributed by atoms with van der Waals surface area (Å²) in [6.07, 6.45) is 29.7. The van der Waals surface area contributed by atoms with Gasteiger partial charge >= 0.3 is 0 Å². The van der Waals surface area contributed by atoms with Gasteiger partial charge in [0.05, 0.1) is 24.8 Å². The highest BCUT2D eigenvalue weighted by molar-refractivity contribution is 5.95. The number of rotatable bonds is 8. The lowest BCUT2D eigenvalue weighted by molar-refractivity contribution is 0.463. The first-order chi connectivity index (χ1) is 28.0. The Morgan fingerprint density at radius 1 is 0.596 bits per heavy atom. The zero-order valence-corrected chi connectivity index (χ0v) is 32.6. The summed E-state index contributed by atoms with van der Waals surface area (Å²) in [6.45, 7) is 2.26. The van der Waals surface area contributed by atoms with Crippen molar-refractivity contribution < 1.29 is 0 Å². The van der Waals surface area contributed by atoms with E-state index in [9.17, 15) is 0 Å². The molecule has 3 aliphatic carbocycles. The Hall–Kier alpha value is -6.66. The minimum atomic E-state index is 0.0480. The zero-order chi connectivity index (χ0) is 38.5. The second-order valence-electron chi connectivity index (χ2n) is 15.7. The maximum Gasteiger partial charge on any atom is 0.116 e. The first kappa shape index (κ1) is 34.8. The molecule has 2 aliphatic heterocycles. The molecule has 0 saturated carbocycles. The maximum absolute atomic E-state index is 5.01. The van der Waals surface area contributed by atoms with Gasteiger partial charge in [-0.05, 0) is 112 Å². The van der Waals surface area contributed by atoms with Crippen LogP contribution in [-0.4, -0.2) is 55.8 Å². The smallest absolute Gasteiger partial charge is 0.116 e. The van der Waals surface area contributed by atoms with E-state index in [2.05, 4.69) is 211 Å². The molecule has 6 heteroatoms. The quantitative estimate of drug-likeness (QED) is 0.148. The van der Waals surface area contributed by atoms with E-state index in [0.717, 1.165) is 23.5 Å². The fraction of sp³-hybridized carbons (Fsp3) is 0.176. The lowest BCUT2D eigenvalue weighted by Gasteiger charge is -2.34. The molecule has 0 aromatic heterocycles. The van der Waals surface area contributed by atoms with Gasteiger partial charge in [0.25, 0.3) is 0 Å². The van der Waals surface area contributed by atoms with Crippen molar-refractivity contribution in [2.24, 2.45) is 15.9 Å². The minimum Gasteiger partial charge on any atom is -0.346 e. The largest absolute Gasteiger partial charge is 0.346 e. The lowest BCUT2D eigenvalue weighted by atomic mass is 9.96. The molecule has 5 aromatic carbocycles. The van der Waals surface area contributed by atoms with Crippen molar-refractivity contribution in [3.63, 3.8) is 0 Å². The van der Waals surface area contributed by atoms with E-state index in [1.807, 2.05) is 12.7 Å². The molecule has 5 aromatic rings. The maximum atomic E-state index is 5.01. The molecule has 5 aliphatic rings. The molecule has 0 N–H and O–H groups in total. The Kier molecular flexibility index (Phi) is 8.82. The molecular formula is C51H46N6. The van der Waals surface area contributed by atoms with Gasteiger partial charge in [-0.15, -0.1) is 0 Å². The van der Waals surface area contributed by atoms with Gasteiger partial charge in [-0.1, -0.05) is 110 Å². The molecule has 0 saturated heterocycles. The molecule has 0 amide bonds. The summed E-state index contributed by atoms with van der Waals surface area (Å²) in [5.74, 6) is 0.593. The van der Waals surface area contributed by atoms with E-state index < -0.39 is 0 Å². The third-order valence-electron chi connectivity index (χ3n) is 12.1. The van der Waals surface area contributed by atoms with Gasteiger partial charge in [0.1, 0.15) is 12.1 Å². The highest BCUT2D eigenvalue weighted by Crippen LogP contribution is 2.36. The summed E-state index contributed by atoms with van der Waals surface area (Å²) in [5, 5.41) is 4.87. The summed E-state index contributed by atoms with van der Waals surface area (Å²) in [5.41, 5.74) is 9.50. The monoisotopic (exact) mass is 742 g/mol. The molecule has 0 fully saturated rings. The molecule has 10 rings (SSSR count). The van der Waals surface area contributed by atoms with E-state index in [-0.39, 0.29) is 24.2 Å². The van der Waals surface area contributed by atoms with Gasteiger partial charge in [-0.3, -0.25) is 9.98 Å². The fourth-order valence-corrected chi connectivity index (χ4v) is 8.79. The number of benzene rings is 5. The molecule has 57 heavy (non-hydrogen) atoms. The number of aliphatic imine (C=N–C) groups is 2. The van der Waals surface area contributed by atoms with E-state index in [0.29, 0.717) is 5.92 Å². The van der Waals surface area contributed by atoms with Crippen molar-refractivity contribution >= 4 is 63.4 Å². The molecule has 0 bridgehead atoms. The van der Waals surface area contributed by atoms with Crippen LogP contribution in [-0.2, 0) is 0 Å². The average Bonchev–Trinajstić information content (AvgIpc) is 3.91. The number of likely N-dealkylation sites (N-methyl/N-ethyl adjacent to an activating group) is 2. The van der Waals surface area contributed by atoms with Crippen LogP contribution >= 0.6 is 0 Å². The van der Waals surface area contributed by atoms with Gasteiger partial charge in [-0.2, -0.15) is 0 Å². The van der Waals surface area contributed by atoms with Gasteiger partial charge in [-0.25, -0.2) is 0 Å². The van der Waals surface area contributed by atoms with Crippen LogP contribution in [0.25, 0.3) is 33.7 Å². The van der Waals surface area contributed by atoms with Crippen LogP contribution in [0, 0.1) is 5.92 Å². The molecular weight excluding hydrogens is 697 g/mol. The summed E-state index contributed by atoms with van der Waals surface area (Å²) >= 11 is 0. The van der Waals surface area contributed by atoms with Crippen molar-refractivity contribution in [3.05, 3.63) is 186 Å². The highest BCUT2D eigenvalue weighted by Gasteiger charge is 2.37. The number of hydrogen-bond acceptors (Lipinski definition) is 6. The highest BCUT2D eigenvalue weighted by atomic mass is 15.3. The zero-order valence-electron chi connectivity index (χ0n) is 32.6. The van der Waals surface area contributed by atoms with Crippen molar-refractivity contribution in [2.45, 2.75) is 37.5 Å². The molecule has 6 nitrogen and oxygen atoms in total. The van der Waals surface area contributed by atoms with Crippen LogP contribution < -0.4 is 14.7 Å². The predicted octanol–water partition coefficient (Wildman–Crippen LogP) is 10.8. The number of allylic oxidation sites excluding steroid dienone is 7. The molecule has 0 radical (unpaired) electrons. The molecule has 280 valence electrons. The van der Waals surface area contributed by atoms with Crippen LogP contribution in [0.3, 0.4) is 0 Å². The van der Waals surface area contributed by atoms with Gasteiger partial charge in [0, 0.05) is 48.2 Å². The van der Waals surface area contributed by atoms with Gasteiger partial charge in [0.2, 0.25) is 0 Å². The SMILES string of the molecule is CC1C=CC(N(C)C2=CC=CC3C2N=CN3c2ccc3cc(/C=C/c4ccc5cc(N6C=NC7C(N(C)c8ccccc8)=CC=CC76)ccc5c4)ccc3c2)=CC1. The first-order valence-electron chi connectivity index (χ1n) is 20.0. The van der Waals surface area contributed by atoms with E-state index >= 15 is 0 Å². The number of nitrogens with zero attached hydrogens (tertiary/aromatic N) is 6. The van der Waals surface area contributed by atoms with E-state index in [4.69, 9.17) is 9.98 Å². The molecule has 5 unspecified atom stereocenters. The first-order valence-corrected chi connectivity index (χ1v) is 20.0. The van der Waals surface area contributed by atoms with Crippen LogP contribution in [0.1, 0.15) is 24.5 Å². The lowest BCUT2D eigenvalue weighted by Crippen LogP contribution is -2.40. The average molecular weight is 743 g/mol. The summed E-state index contributed by atoms with van der Waals surface area (Å²) < 4.78 is 0. The molecule has 5 atom stereocenters.